The maximum absolute atomic E-state index is 15.4. The first-order valence-electron chi connectivity index (χ1n) is 14.3. The van der Waals surface area contributed by atoms with Crippen molar-refractivity contribution < 1.29 is 9.18 Å². The van der Waals surface area contributed by atoms with Gasteiger partial charge in [-0.25, -0.2) is 18.7 Å². The maximum atomic E-state index is 15.4. The van der Waals surface area contributed by atoms with Gasteiger partial charge in [0.2, 0.25) is 5.91 Å². The first-order chi connectivity index (χ1) is 20.6. The highest BCUT2D eigenvalue weighted by atomic mass is 35.5. The van der Waals surface area contributed by atoms with Crippen LogP contribution in [0.15, 0.2) is 60.6 Å². The van der Waals surface area contributed by atoms with E-state index in [0.717, 1.165) is 11.3 Å². The van der Waals surface area contributed by atoms with Crippen molar-refractivity contribution >= 4 is 40.4 Å². The number of rotatable bonds is 7. The topological polar surface area (TPSA) is 84.2 Å². The highest BCUT2D eigenvalue weighted by Crippen LogP contribution is 2.37. The Kier molecular flexibility index (Phi) is 8.46. The predicted octanol–water partition coefficient (Wildman–Crippen LogP) is 6.19. The molecule has 1 aliphatic heterocycles. The summed E-state index contributed by atoms with van der Waals surface area (Å²) in [6.45, 7) is 16.7. The third kappa shape index (κ3) is 5.33. The minimum Gasteiger partial charge on any atom is -0.350 e. The Hall–Kier alpha value is -4.37. The van der Waals surface area contributed by atoms with Crippen LogP contribution in [0.5, 0.6) is 0 Å². The van der Waals surface area contributed by atoms with Gasteiger partial charge in [0.15, 0.2) is 5.65 Å². The fourth-order valence-electron chi connectivity index (χ4n) is 5.74. The third-order valence-electron chi connectivity index (χ3n) is 7.88. The summed E-state index contributed by atoms with van der Waals surface area (Å²) in [7, 11) is 0. The Morgan fingerprint density at radius 3 is 2.63 bits per heavy atom. The minimum atomic E-state index is -0.540. The third-order valence-corrected chi connectivity index (χ3v) is 8.17. The van der Waals surface area contributed by atoms with E-state index in [9.17, 15) is 9.59 Å². The average Bonchev–Trinajstić information content (AvgIpc) is 3.00. The van der Waals surface area contributed by atoms with Gasteiger partial charge in [-0.1, -0.05) is 63.7 Å². The van der Waals surface area contributed by atoms with Gasteiger partial charge in [0.25, 0.3) is 0 Å². The predicted molar refractivity (Wildman–Crippen MR) is 170 cm³/mol. The molecule has 4 aromatic rings. The lowest BCUT2D eigenvalue weighted by molar-refractivity contribution is -0.126. The molecule has 3 aromatic heterocycles. The molecule has 1 amide bonds. The Morgan fingerprint density at radius 1 is 1.21 bits per heavy atom. The Balaban J connectivity index is 1.86. The van der Waals surface area contributed by atoms with Crippen LogP contribution in [-0.4, -0.2) is 56.0 Å². The first-order valence-corrected chi connectivity index (χ1v) is 14.7. The second kappa shape index (κ2) is 12.1. The smallest absolute Gasteiger partial charge is 0.350 e. The molecule has 0 spiro atoms. The summed E-state index contributed by atoms with van der Waals surface area (Å²) in [6.07, 6.45) is 5.22. The highest BCUT2D eigenvalue weighted by Gasteiger charge is 2.31. The summed E-state index contributed by atoms with van der Waals surface area (Å²) in [5, 5.41) is 0.730. The van der Waals surface area contributed by atoms with E-state index in [1.165, 1.54) is 16.7 Å². The summed E-state index contributed by atoms with van der Waals surface area (Å²) in [5.41, 5.74) is 2.88. The fourth-order valence-corrected chi connectivity index (χ4v) is 5.99. The molecule has 1 aliphatic rings. The van der Waals surface area contributed by atoms with Crippen LogP contribution >= 0.6 is 11.6 Å². The second-order valence-electron chi connectivity index (χ2n) is 10.9. The van der Waals surface area contributed by atoms with Gasteiger partial charge >= 0.3 is 5.69 Å². The second-order valence-corrected chi connectivity index (χ2v) is 11.3. The van der Waals surface area contributed by atoms with Gasteiger partial charge < -0.3 is 9.80 Å². The van der Waals surface area contributed by atoms with Crippen molar-refractivity contribution in [1.29, 1.82) is 0 Å². The lowest BCUT2D eigenvalue weighted by Gasteiger charge is -2.40. The standard InChI is InChI=1S/C33H34ClFN6O2/c1-7-21-11-10-12-25(35)27(21)29-24(34)17-23-31(40-16-15-39(18-20(40)6)26(42)9-3)38-33(43)41(32(23)37-29)30-22(8-2)13-14-36-28(30)19(4)5/h7,9-14,17,19-20H,1,3,8,15-16,18H2,2,4-6H3/t20-/m0/s1. The number of carbonyl (C=O) groups excluding carboxylic acids is 1. The van der Waals surface area contributed by atoms with Crippen LogP contribution in [0.1, 0.15) is 50.4 Å². The van der Waals surface area contributed by atoms with Crippen molar-refractivity contribution in [2.45, 2.75) is 46.1 Å². The zero-order valence-electron chi connectivity index (χ0n) is 24.8. The van der Waals surface area contributed by atoms with Crippen molar-refractivity contribution in [2.75, 3.05) is 24.5 Å². The zero-order chi connectivity index (χ0) is 31.0. The van der Waals surface area contributed by atoms with Gasteiger partial charge in [-0.15, -0.1) is 0 Å². The van der Waals surface area contributed by atoms with Crippen molar-refractivity contribution in [2.24, 2.45) is 0 Å². The molecular weight excluding hydrogens is 567 g/mol. The number of pyridine rings is 2. The van der Waals surface area contributed by atoms with Crippen LogP contribution in [0, 0.1) is 5.82 Å². The van der Waals surface area contributed by atoms with E-state index in [0.29, 0.717) is 48.5 Å². The number of aromatic nitrogens is 4. The van der Waals surface area contributed by atoms with Crippen molar-refractivity contribution in [3.8, 4) is 16.9 Å². The molecule has 1 saturated heterocycles. The summed E-state index contributed by atoms with van der Waals surface area (Å²) in [6, 6.07) is 8.08. The molecule has 10 heteroatoms. The number of hydrogen-bond acceptors (Lipinski definition) is 6. The van der Waals surface area contributed by atoms with Gasteiger partial charge in [-0.2, -0.15) is 4.98 Å². The van der Waals surface area contributed by atoms with Crippen molar-refractivity contribution in [1.82, 2.24) is 24.4 Å². The van der Waals surface area contributed by atoms with E-state index >= 15 is 4.39 Å². The van der Waals surface area contributed by atoms with E-state index in [1.807, 2.05) is 38.7 Å². The lowest BCUT2D eigenvalue weighted by atomic mass is 10.0. The fraction of sp³-hybridized carbons (Fsp3) is 0.303. The number of anilines is 1. The van der Waals surface area contributed by atoms with E-state index in [-0.39, 0.29) is 39.8 Å². The van der Waals surface area contributed by atoms with Crippen LogP contribution < -0.4 is 10.6 Å². The van der Waals surface area contributed by atoms with E-state index in [1.54, 1.807) is 35.4 Å². The van der Waals surface area contributed by atoms with Crippen LogP contribution in [0.4, 0.5) is 10.2 Å². The molecule has 0 saturated carbocycles. The Labute approximate surface area is 255 Å². The van der Waals surface area contributed by atoms with Gasteiger partial charge in [0.1, 0.15) is 11.6 Å². The minimum absolute atomic E-state index is 0.00988. The molecule has 0 bridgehead atoms. The molecule has 43 heavy (non-hydrogen) atoms. The largest absolute Gasteiger partial charge is 0.355 e. The number of hydrogen-bond donors (Lipinski definition) is 0. The molecule has 1 aromatic carbocycles. The van der Waals surface area contributed by atoms with Gasteiger partial charge in [0.05, 0.1) is 27.5 Å². The normalized spacial score (nSPS) is 15.3. The highest BCUT2D eigenvalue weighted by molar-refractivity contribution is 6.34. The van der Waals surface area contributed by atoms with Gasteiger partial charge in [-0.05, 0) is 54.7 Å². The van der Waals surface area contributed by atoms with Gasteiger partial charge in [0, 0.05) is 37.4 Å². The number of piperazine rings is 1. The number of amides is 1. The van der Waals surface area contributed by atoms with Crippen LogP contribution in [0.3, 0.4) is 0 Å². The number of halogens is 2. The van der Waals surface area contributed by atoms with E-state index in [2.05, 4.69) is 23.1 Å². The number of benzene rings is 1. The number of nitrogens with zero attached hydrogens (tertiary/aromatic N) is 6. The Bertz CT molecular complexity index is 1820. The first kappa shape index (κ1) is 30.1. The quantitative estimate of drug-likeness (QED) is 0.235. The average molecular weight is 601 g/mol. The van der Waals surface area contributed by atoms with E-state index in [4.69, 9.17) is 16.6 Å². The maximum Gasteiger partial charge on any atom is 0.355 e. The molecule has 4 heterocycles. The number of aryl methyl sites for hydroxylation is 1. The molecule has 1 fully saturated rings. The molecule has 0 aliphatic carbocycles. The summed E-state index contributed by atoms with van der Waals surface area (Å²) >= 11 is 6.87. The molecular formula is C33H34ClFN6O2. The molecule has 0 unspecified atom stereocenters. The van der Waals surface area contributed by atoms with Crippen LogP contribution in [-0.2, 0) is 11.2 Å². The van der Waals surface area contributed by atoms with E-state index < -0.39 is 11.5 Å². The molecule has 222 valence electrons. The lowest BCUT2D eigenvalue weighted by Crippen LogP contribution is -2.54. The van der Waals surface area contributed by atoms with Crippen LogP contribution in [0.2, 0.25) is 5.02 Å². The zero-order valence-corrected chi connectivity index (χ0v) is 25.5. The molecule has 1 atom stereocenters. The monoisotopic (exact) mass is 600 g/mol. The molecule has 8 nitrogen and oxygen atoms in total. The van der Waals surface area contributed by atoms with Crippen LogP contribution in [0.25, 0.3) is 34.1 Å². The SMILES string of the molecule is C=CC(=O)N1CCN(c2nc(=O)n(-c3c(CC)ccnc3C(C)C)c3nc(-c4c(F)cccc4C=C)c(Cl)cc23)[C@@H](C)C1. The summed E-state index contributed by atoms with van der Waals surface area (Å²) in [5.74, 6) is -0.267. The summed E-state index contributed by atoms with van der Waals surface area (Å²) in [4.78, 5) is 44.3. The summed E-state index contributed by atoms with van der Waals surface area (Å²) < 4.78 is 16.8. The van der Waals surface area contributed by atoms with Gasteiger partial charge in [-0.3, -0.25) is 9.78 Å². The Morgan fingerprint density at radius 2 is 1.98 bits per heavy atom. The number of carbonyl (C=O) groups is 1. The molecule has 5 rings (SSSR count). The molecule has 0 N–H and O–H groups in total. The molecule has 0 radical (unpaired) electrons. The van der Waals surface area contributed by atoms with Crippen molar-refractivity contribution in [3.05, 3.63) is 93.9 Å². The number of fused-ring (bicyclic) bond motifs is 1. The van der Waals surface area contributed by atoms with Crippen molar-refractivity contribution in [3.63, 3.8) is 0 Å².